The molecule has 0 bridgehead atoms. The fourth-order valence-corrected chi connectivity index (χ4v) is 1.93. The van der Waals surface area contributed by atoms with E-state index in [0.29, 0.717) is 37.1 Å². The number of hydrogen-bond acceptors (Lipinski definition) is 10. The van der Waals surface area contributed by atoms with Gasteiger partial charge in [0.05, 0.1) is 0 Å². The number of allylic oxidation sites excluding steroid dienone is 10. The van der Waals surface area contributed by atoms with Gasteiger partial charge < -0.3 is 41.3 Å². The Morgan fingerprint density at radius 2 is 0.944 bits per heavy atom. The van der Waals surface area contributed by atoms with Crippen LogP contribution in [0.15, 0.2) is 72.2 Å². The summed E-state index contributed by atoms with van der Waals surface area (Å²) in [6, 6.07) is 0. The third-order valence-electron chi connectivity index (χ3n) is 3.31. The Balaban J connectivity index is -0.000000211. The van der Waals surface area contributed by atoms with Crippen molar-refractivity contribution in [2.45, 2.75) is 39.3 Å². The van der Waals surface area contributed by atoms with Crippen molar-refractivity contribution in [1.29, 1.82) is 0 Å². The molecule has 0 fully saturated rings. The van der Waals surface area contributed by atoms with Crippen LogP contribution in [-0.2, 0) is 43.7 Å². The van der Waals surface area contributed by atoms with Gasteiger partial charge in [0.1, 0.15) is 12.6 Å². The van der Waals surface area contributed by atoms with Gasteiger partial charge in [0.2, 0.25) is 0 Å². The molecule has 10 nitrogen and oxygen atoms in total. The van der Waals surface area contributed by atoms with Crippen LogP contribution in [0.3, 0.4) is 0 Å². The van der Waals surface area contributed by atoms with Gasteiger partial charge in [-0.2, -0.15) is 0 Å². The number of rotatable bonds is 8. The molecule has 0 unspecified atom stereocenters. The van der Waals surface area contributed by atoms with E-state index in [0.717, 1.165) is 0 Å². The molecule has 0 heterocycles. The van der Waals surface area contributed by atoms with Crippen LogP contribution >= 0.6 is 0 Å². The molecule has 8 N–H and O–H groups in total. The quantitative estimate of drug-likeness (QED) is 0.0808. The predicted octanol–water partition coefficient (Wildman–Crippen LogP) is -0.296. The summed E-state index contributed by atoms with van der Waals surface area (Å²) < 4.78 is 0. The monoisotopic (exact) mass is 592 g/mol. The summed E-state index contributed by atoms with van der Waals surface area (Å²) in [6.45, 7) is 4.26. The summed E-state index contributed by atoms with van der Waals surface area (Å²) in [7, 11) is 0. The Hall–Kier alpha value is -1.82. The largest absolute Gasteiger partial charge is 0.396 e. The smallest absolute Gasteiger partial charge is 0.187 e. The number of carbonyl (C=O) groups is 2. The fraction of sp³-hybridized carbons (Fsp3) is 0.417. The molecule has 36 heavy (non-hydrogen) atoms. The van der Waals surface area contributed by atoms with Gasteiger partial charge in [-0.1, -0.05) is 24.3 Å². The average molecular weight is 592 g/mol. The minimum absolute atomic E-state index is 0. The molecule has 2 radical (unpaired) electrons. The van der Waals surface area contributed by atoms with E-state index >= 15 is 0 Å². The van der Waals surface area contributed by atoms with Gasteiger partial charge in [0.25, 0.3) is 0 Å². The molecule has 0 aromatic rings. The summed E-state index contributed by atoms with van der Waals surface area (Å²) in [4.78, 5) is 22.3. The number of aliphatic hydroxyl groups excluding tert-OH is 4. The first-order valence-corrected chi connectivity index (χ1v) is 10.7. The van der Waals surface area contributed by atoms with Crippen LogP contribution in [0.25, 0.3) is 0 Å². The fourth-order valence-electron chi connectivity index (χ4n) is 1.93. The second-order valence-electron chi connectivity index (χ2n) is 6.69. The van der Waals surface area contributed by atoms with Crippen LogP contribution in [0, 0.1) is 0 Å². The number of aliphatic hydroxyl groups is 6. The molecule has 2 aliphatic carbocycles. The van der Waals surface area contributed by atoms with Crippen molar-refractivity contribution in [2.75, 3.05) is 26.3 Å². The van der Waals surface area contributed by atoms with Gasteiger partial charge in [-0.3, -0.25) is 9.59 Å². The van der Waals surface area contributed by atoms with E-state index in [9.17, 15) is 9.59 Å². The summed E-state index contributed by atoms with van der Waals surface area (Å²) in [5, 5.41) is 53.4. The molecule has 12 heteroatoms. The molecule has 0 aromatic carbocycles. The van der Waals surface area contributed by atoms with Crippen LogP contribution in [0.2, 0.25) is 0 Å². The zero-order valence-corrected chi connectivity index (χ0v) is 22.8. The topological polar surface area (TPSA) is 180 Å². The van der Waals surface area contributed by atoms with Crippen molar-refractivity contribution in [3.63, 3.8) is 0 Å². The molecule has 0 atom stereocenters. The Morgan fingerprint density at radius 3 is 1.19 bits per heavy atom. The van der Waals surface area contributed by atoms with Crippen LogP contribution < -0.4 is 10.6 Å². The van der Waals surface area contributed by atoms with E-state index in [2.05, 4.69) is 10.6 Å². The maximum atomic E-state index is 11.2. The number of nitrogens with one attached hydrogen (secondary N) is 2. The summed E-state index contributed by atoms with van der Waals surface area (Å²) in [6.07, 6.45) is 16.1. The normalized spacial score (nSPS) is 15.2. The van der Waals surface area contributed by atoms with Crippen LogP contribution in [0.1, 0.15) is 26.7 Å². The first-order valence-electron chi connectivity index (χ1n) is 10.7. The zero-order chi connectivity index (χ0) is 26.2. The molecule has 0 aromatic heterocycles. The van der Waals surface area contributed by atoms with E-state index in [-0.39, 0.29) is 58.9 Å². The first-order chi connectivity index (χ1) is 16.1. The van der Waals surface area contributed by atoms with Crippen LogP contribution in [0.4, 0.5) is 0 Å². The van der Waals surface area contributed by atoms with Crippen molar-refractivity contribution < 1.29 is 74.4 Å². The second-order valence-corrected chi connectivity index (χ2v) is 6.69. The van der Waals surface area contributed by atoms with E-state index in [1.54, 1.807) is 36.7 Å². The molecule has 0 aliphatic heterocycles. The molecule has 0 spiro atoms. The molecule has 2 rings (SSSR count). The Labute approximate surface area is 233 Å². The van der Waals surface area contributed by atoms with E-state index in [1.807, 2.05) is 12.2 Å². The Morgan fingerprint density at radius 1 is 0.667 bits per heavy atom. The average Bonchev–Trinajstić information content (AvgIpc) is 2.76. The minimum atomic E-state index is -1.17. The van der Waals surface area contributed by atoms with Crippen LogP contribution in [-0.4, -0.2) is 81.1 Å². The van der Waals surface area contributed by atoms with Gasteiger partial charge in [-0.25, -0.2) is 0 Å². The summed E-state index contributed by atoms with van der Waals surface area (Å²) in [5.74, 6) is 0.0259. The van der Waals surface area contributed by atoms with Gasteiger partial charge in [-0.15, -0.1) is 0 Å². The number of hydrogen-bond donors (Lipinski definition) is 8. The first kappa shape index (κ1) is 41.3. The molecular weight excluding hydrogens is 554 g/mol. The van der Waals surface area contributed by atoms with E-state index < -0.39 is 12.6 Å². The summed E-state index contributed by atoms with van der Waals surface area (Å²) in [5.41, 5.74) is 1.31. The van der Waals surface area contributed by atoms with Gasteiger partial charge >= 0.3 is 0 Å². The zero-order valence-electron chi connectivity index (χ0n) is 20.4. The third kappa shape index (κ3) is 30.2. The number of ketones is 2. The third-order valence-corrected chi connectivity index (χ3v) is 3.31. The SMILES string of the molecule is CC(O)O.CC(O)O.O=C1C=CC=CC1=CNCCCO.O=C1C=CC=CC1=CNCCCO.[Mn].[Mn]. The Kier molecular flexibility index (Phi) is 33.7. The van der Waals surface area contributed by atoms with Crippen LogP contribution in [0.5, 0.6) is 0 Å². The maximum Gasteiger partial charge on any atom is 0.187 e. The molecule has 0 amide bonds. The standard InChI is InChI=1S/2C10H13NO2.2C2H6O2.2Mn/c2*12-7-3-6-11-8-9-4-1-2-5-10(9)13;2*1-2(3)4;;/h2*1-2,4-5,8,11-12H,3,6-7H2;2*2-4H,1H3;;. The maximum absolute atomic E-state index is 11.2. The molecule has 206 valence electrons. The van der Waals surface area contributed by atoms with Gasteiger partial charge in [0.15, 0.2) is 11.6 Å². The molecule has 2 aliphatic rings. The predicted molar refractivity (Wildman–Crippen MR) is 130 cm³/mol. The van der Waals surface area contributed by atoms with Crippen molar-refractivity contribution in [3.05, 3.63) is 72.2 Å². The molecular formula is C24H38Mn2N2O8. The molecule has 0 saturated carbocycles. The van der Waals surface area contributed by atoms with E-state index in [4.69, 9.17) is 30.6 Å². The molecule has 0 saturated heterocycles. The van der Waals surface area contributed by atoms with E-state index in [1.165, 1.54) is 26.0 Å². The minimum Gasteiger partial charge on any atom is -0.396 e. The van der Waals surface area contributed by atoms with Crippen molar-refractivity contribution in [3.8, 4) is 0 Å². The van der Waals surface area contributed by atoms with Crippen molar-refractivity contribution in [1.82, 2.24) is 10.6 Å². The second kappa shape index (κ2) is 29.4. The summed E-state index contributed by atoms with van der Waals surface area (Å²) >= 11 is 0. The number of carbonyl (C=O) groups excluding carboxylic acids is 2. The van der Waals surface area contributed by atoms with Gasteiger partial charge in [-0.05, 0) is 51.0 Å². The van der Waals surface area contributed by atoms with Gasteiger partial charge in [0, 0.05) is 84.0 Å². The van der Waals surface area contributed by atoms with Crippen molar-refractivity contribution >= 4 is 11.6 Å². The van der Waals surface area contributed by atoms with Crippen molar-refractivity contribution in [2.24, 2.45) is 0 Å². The Bertz CT molecular complexity index is 679.